The van der Waals surface area contributed by atoms with Crippen LogP contribution in [0.3, 0.4) is 0 Å². The summed E-state index contributed by atoms with van der Waals surface area (Å²) in [6, 6.07) is 12.0. The van der Waals surface area contributed by atoms with Crippen molar-refractivity contribution in [3.05, 3.63) is 74.3 Å². The molecule has 0 fully saturated rings. The fourth-order valence-corrected chi connectivity index (χ4v) is 1.90. The first-order valence-corrected chi connectivity index (χ1v) is 6.59. The van der Waals surface area contributed by atoms with Crippen molar-refractivity contribution in [1.29, 1.82) is 0 Å². The van der Waals surface area contributed by atoms with Crippen LogP contribution >= 0.6 is 11.6 Å². The van der Waals surface area contributed by atoms with Gasteiger partial charge < -0.3 is 4.84 Å². The lowest BCUT2D eigenvalue weighted by molar-refractivity contribution is -0.385. The lowest BCUT2D eigenvalue weighted by Gasteiger charge is -2.04. The molecule has 0 saturated carbocycles. The molecule has 0 saturated heterocycles. The second-order valence-corrected chi connectivity index (χ2v) is 4.81. The number of halogens is 1. The summed E-state index contributed by atoms with van der Waals surface area (Å²) in [6.45, 7) is 1.87. The molecule has 0 radical (unpaired) electrons. The molecule has 0 aliphatic rings. The topological polar surface area (TPSA) is 64.7 Å². The summed E-state index contributed by atoms with van der Waals surface area (Å²) in [4.78, 5) is 15.6. The van der Waals surface area contributed by atoms with Crippen LogP contribution in [-0.2, 0) is 11.4 Å². The Morgan fingerprint density at radius 1 is 1.29 bits per heavy atom. The zero-order valence-corrected chi connectivity index (χ0v) is 12.1. The third-order valence-corrected chi connectivity index (χ3v) is 3.23. The average molecular weight is 305 g/mol. The molecule has 6 heteroatoms. The molecule has 2 aromatic carbocycles. The van der Waals surface area contributed by atoms with Crippen molar-refractivity contribution in [2.45, 2.75) is 13.5 Å². The molecule has 0 spiro atoms. The molecule has 0 bridgehead atoms. The van der Waals surface area contributed by atoms with Crippen molar-refractivity contribution >= 4 is 23.5 Å². The largest absolute Gasteiger partial charge is 0.391 e. The van der Waals surface area contributed by atoms with E-state index < -0.39 is 4.92 Å². The van der Waals surface area contributed by atoms with E-state index >= 15 is 0 Å². The van der Waals surface area contributed by atoms with Crippen molar-refractivity contribution in [3.63, 3.8) is 0 Å². The lowest BCUT2D eigenvalue weighted by atomic mass is 10.1. The van der Waals surface area contributed by atoms with Gasteiger partial charge in [0.1, 0.15) is 6.61 Å². The predicted molar refractivity (Wildman–Crippen MR) is 81.7 cm³/mol. The van der Waals surface area contributed by atoms with Crippen LogP contribution in [0.15, 0.2) is 47.6 Å². The monoisotopic (exact) mass is 304 g/mol. The maximum atomic E-state index is 10.8. The quantitative estimate of drug-likeness (QED) is 0.474. The summed E-state index contributed by atoms with van der Waals surface area (Å²) in [5.41, 5.74) is 2.26. The van der Waals surface area contributed by atoms with Crippen molar-refractivity contribution in [2.75, 3.05) is 0 Å². The molecule has 0 aromatic heterocycles. The van der Waals surface area contributed by atoms with Crippen LogP contribution in [0, 0.1) is 17.0 Å². The third-order valence-electron chi connectivity index (χ3n) is 2.98. The molecule has 0 atom stereocenters. The van der Waals surface area contributed by atoms with E-state index in [0.29, 0.717) is 10.6 Å². The number of nitro groups is 1. The highest BCUT2D eigenvalue weighted by Gasteiger charge is 2.12. The molecule has 0 amide bonds. The summed E-state index contributed by atoms with van der Waals surface area (Å²) in [6.07, 6.45) is 1.56. The zero-order valence-electron chi connectivity index (χ0n) is 11.3. The van der Waals surface area contributed by atoms with Crippen LogP contribution in [0.4, 0.5) is 5.69 Å². The summed E-state index contributed by atoms with van der Waals surface area (Å²) in [5, 5.41) is 15.3. The number of benzene rings is 2. The predicted octanol–water partition coefficient (Wildman–Crippen LogP) is 4.11. The molecular formula is C15H13ClN2O3. The van der Waals surface area contributed by atoms with Crippen molar-refractivity contribution in [2.24, 2.45) is 5.16 Å². The van der Waals surface area contributed by atoms with E-state index in [1.165, 1.54) is 6.07 Å². The van der Waals surface area contributed by atoms with Crippen LogP contribution in [0.2, 0.25) is 5.02 Å². The summed E-state index contributed by atoms with van der Waals surface area (Å²) >= 11 is 5.78. The highest BCUT2D eigenvalue weighted by atomic mass is 35.5. The molecule has 21 heavy (non-hydrogen) atoms. The molecule has 108 valence electrons. The van der Waals surface area contributed by atoms with E-state index in [-0.39, 0.29) is 12.3 Å². The van der Waals surface area contributed by atoms with Crippen LogP contribution in [-0.4, -0.2) is 11.1 Å². The molecule has 5 nitrogen and oxygen atoms in total. The van der Waals surface area contributed by atoms with E-state index in [9.17, 15) is 10.1 Å². The van der Waals surface area contributed by atoms with Gasteiger partial charge >= 0.3 is 0 Å². The van der Waals surface area contributed by atoms with E-state index in [1.807, 2.05) is 12.1 Å². The van der Waals surface area contributed by atoms with Gasteiger partial charge in [-0.1, -0.05) is 41.0 Å². The van der Waals surface area contributed by atoms with Gasteiger partial charge in [-0.3, -0.25) is 10.1 Å². The Bertz CT molecular complexity index is 669. The molecule has 0 aliphatic carbocycles. The molecule has 2 aromatic rings. The van der Waals surface area contributed by atoms with Crippen molar-refractivity contribution < 1.29 is 9.76 Å². The zero-order chi connectivity index (χ0) is 15.2. The number of nitrogens with zero attached hydrogens (tertiary/aromatic N) is 2. The van der Waals surface area contributed by atoms with Gasteiger partial charge in [0, 0.05) is 22.2 Å². The lowest BCUT2D eigenvalue weighted by Crippen LogP contribution is -1.97. The first kappa shape index (κ1) is 15.0. The summed E-state index contributed by atoms with van der Waals surface area (Å²) in [5.74, 6) is 0. The smallest absolute Gasteiger partial charge is 0.272 e. The van der Waals surface area contributed by atoms with Crippen LogP contribution in [0.1, 0.15) is 16.7 Å². The summed E-state index contributed by atoms with van der Waals surface area (Å²) in [7, 11) is 0. The van der Waals surface area contributed by atoms with Gasteiger partial charge in [-0.25, -0.2) is 0 Å². The molecule has 0 N–H and O–H groups in total. The van der Waals surface area contributed by atoms with Gasteiger partial charge in [0.25, 0.3) is 5.69 Å². The fraction of sp³-hybridized carbons (Fsp3) is 0.133. The molecule has 2 rings (SSSR count). The number of hydrogen-bond acceptors (Lipinski definition) is 4. The molecule has 0 unspecified atom stereocenters. The second-order valence-electron chi connectivity index (χ2n) is 4.38. The number of oxime groups is 1. The first-order chi connectivity index (χ1) is 10.1. The van der Waals surface area contributed by atoms with Gasteiger partial charge in [0.15, 0.2) is 0 Å². The number of rotatable bonds is 5. The maximum Gasteiger partial charge on any atom is 0.272 e. The van der Waals surface area contributed by atoms with Crippen molar-refractivity contribution in [1.82, 2.24) is 0 Å². The fourth-order valence-electron chi connectivity index (χ4n) is 1.78. The van der Waals surface area contributed by atoms with E-state index in [0.717, 1.165) is 11.1 Å². The van der Waals surface area contributed by atoms with E-state index in [4.69, 9.17) is 16.4 Å². The first-order valence-electron chi connectivity index (χ1n) is 6.21. The highest BCUT2D eigenvalue weighted by molar-refractivity contribution is 6.30. The Labute approximate surface area is 127 Å². The van der Waals surface area contributed by atoms with Gasteiger partial charge in [-0.15, -0.1) is 0 Å². The van der Waals surface area contributed by atoms with Gasteiger partial charge in [-0.05, 0) is 24.6 Å². The average Bonchev–Trinajstić information content (AvgIpc) is 2.46. The normalized spacial score (nSPS) is 10.8. The third kappa shape index (κ3) is 4.03. The maximum absolute atomic E-state index is 10.8. The second kappa shape index (κ2) is 6.85. The van der Waals surface area contributed by atoms with Crippen molar-refractivity contribution in [3.8, 4) is 0 Å². The van der Waals surface area contributed by atoms with E-state index in [2.05, 4.69) is 5.16 Å². The van der Waals surface area contributed by atoms with Crippen LogP contribution in [0.25, 0.3) is 0 Å². The molecule has 0 aliphatic heterocycles. The van der Waals surface area contributed by atoms with E-state index in [1.54, 1.807) is 37.4 Å². The van der Waals surface area contributed by atoms with Gasteiger partial charge in [-0.2, -0.15) is 0 Å². The SMILES string of the molecule is Cc1c(CO/N=C/c2ccc(Cl)cc2)cccc1[N+](=O)[O-]. The highest BCUT2D eigenvalue weighted by Crippen LogP contribution is 2.21. The Hall–Kier alpha value is -2.40. The standard InChI is InChI=1S/C15H13ClN2O3/c1-11-13(3-2-4-15(11)18(19)20)10-21-17-9-12-5-7-14(16)8-6-12/h2-9H,10H2,1H3/b17-9+. The molecule has 0 heterocycles. The molecular weight excluding hydrogens is 292 g/mol. The number of hydrogen-bond donors (Lipinski definition) is 0. The minimum atomic E-state index is -0.407. The van der Waals surface area contributed by atoms with Crippen LogP contribution in [0.5, 0.6) is 0 Å². The Morgan fingerprint density at radius 2 is 2.00 bits per heavy atom. The Morgan fingerprint density at radius 3 is 2.67 bits per heavy atom. The van der Waals surface area contributed by atoms with Crippen LogP contribution < -0.4 is 0 Å². The van der Waals surface area contributed by atoms with Gasteiger partial charge in [0.2, 0.25) is 0 Å². The minimum absolute atomic E-state index is 0.0813. The Kier molecular flexibility index (Phi) is 4.90. The number of nitro benzene ring substituents is 1. The summed E-state index contributed by atoms with van der Waals surface area (Å²) < 4.78 is 0. The Balaban J connectivity index is 1.99. The minimum Gasteiger partial charge on any atom is -0.391 e. The van der Waals surface area contributed by atoms with Gasteiger partial charge in [0.05, 0.1) is 11.1 Å².